The number of nitrogens with zero attached hydrogens (tertiary/aromatic N) is 4. The first-order chi connectivity index (χ1) is 19.4. The van der Waals surface area contributed by atoms with Crippen molar-refractivity contribution in [2.24, 2.45) is 9.98 Å². The summed E-state index contributed by atoms with van der Waals surface area (Å²) >= 11 is 6.37. The Morgan fingerprint density at radius 2 is 1.82 bits per heavy atom. The summed E-state index contributed by atoms with van der Waals surface area (Å²) in [5.41, 5.74) is 1.75. The van der Waals surface area contributed by atoms with E-state index in [4.69, 9.17) is 40.3 Å². The fraction of sp³-hybridized carbons (Fsp3) is 0.519. The van der Waals surface area contributed by atoms with Crippen molar-refractivity contribution in [2.45, 2.75) is 31.5 Å². The quantitative estimate of drug-likeness (QED) is 0.336. The molecule has 5 rings (SSSR count). The van der Waals surface area contributed by atoms with E-state index < -0.39 is 25.9 Å². The molecule has 2 atom stereocenters. The zero-order chi connectivity index (χ0) is 28.1. The molecule has 0 spiro atoms. The number of carbonyl (C=O) groups excluding carboxylic acids is 1. The lowest BCUT2D eigenvalue weighted by Crippen LogP contribution is -2.44. The Morgan fingerprint density at radius 1 is 1.15 bits per heavy atom. The second-order valence-electron chi connectivity index (χ2n) is 9.69. The summed E-state index contributed by atoms with van der Waals surface area (Å²) in [5.74, 6) is -0.347. The van der Waals surface area contributed by atoms with Crippen molar-refractivity contribution in [2.75, 3.05) is 59.7 Å². The maximum Gasteiger partial charge on any atom is 0.397 e. The van der Waals surface area contributed by atoms with Crippen molar-refractivity contribution in [3.63, 3.8) is 0 Å². The van der Waals surface area contributed by atoms with Crippen molar-refractivity contribution in [3.8, 4) is 0 Å². The van der Waals surface area contributed by atoms with E-state index in [1.807, 2.05) is 0 Å². The zero-order valence-corrected chi connectivity index (χ0v) is 24.0. The van der Waals surface area contributed by atoms with E-state index >= 15 is 4.39 Å². The molecule has 2 fully saturated rings. The van der Waals surface area contributed by atoms with Crippen LogP contribution in [0, 0.1) is 0 Å². The molecule has 2 saturated heterocycles. The monoisotopic (exact) mass is 594 g/mol. The standard InChI is InChI=1S/C27H33ClFN4O6P/c1-36-25(34)9-8-24-27(39-40(35,32-10-14-37-15-11-32)33-12-16-38-17-13-33)31-23-7-6-19(28)18-21(23)26(30-24)20-4-2-3-5-22(20)29/h2-4,6-7,18,22,24H,5,8-17H2,1H3/t22?,24-/m0/s1. The van der Waals surface area contributed by atoms with Gasteiger partial charge in [0.2, 0.25) is 5.90 Å². The van der Waals surface area contributed by atoms with Gasteiger partial charge in [-0.05, 0) is 24.6 Å². The number of benzene rings is 1. The van der Waals surface area contributed by atoms with E-state index in [1.165, 1.54) is 7.11 Å². The number of hydrogen-bond acceptors (Lipinski definition) is 8. The minimum absolute atomic E-state index is 0.00877. The number of aliphatic imine (C=N–C) groups is 2. The summed E-state index contributed by atoms with van der Waals surface area (Å²) in [5, 5.41) is 0.437. The first kappa shape index (κ1) is 29.1. The molecule has 10 nitrogen and oxygen atoms in total. The number of fused-ring (bicyclic) bond motifs is 1. The molecule has 0 N–H and O–H groups in total. The van der Waals surface area contributed by atoms with Crippen LogP contribution in [0.1, 0.15) is 24.8 Å². The van der Waals surface area contributed by atoms with Crippen LogP contribution >= 0.6 is 19.3 Å². The van der Waals surface area contributed by atoms with Crippen LogP contribution in [0.4, 0.5) is 10.1 Å². The molecular formula is C27H33ClFN4O6P. The van der Waals surface area contributed by atoms with Crippen LogP contribution in [0.3, 0.4) is 0 Å². The smallest absolute Gasteiger partial charge is 0.397 e. The number of carbonyl (C=O) groups is 1. The molecule has 0 saturated carbocycles. The number of rotatable bonds is 7. The molecule has 1 unspecified atom stereocenters. The molecule has 4 aliphatic rings. The molecule has 40 heavy (non-hydrogen) atoms. The lowest BCUT2D eigenvalue weighted by molar-refractivity contribution is -0.140. The van der Waals surface area contributed by atoms with E-state index in [0.29, 0.717) is 80.2 Å². The topological polar surface area (TPSA) is 102 Å². The summed E-state index contributed by atoms with van der Waals surface area (Å²) in [7, 11) is -2.36. The van der Waals surface area contributed by atoms with Crippen LogP contribution in [0.15, 0.2) is 52.0 Å². The lowest BCUT2D eigenvalue weighted by atomic mass is 9.93. The summed E-state index contributed by atoms with van der Waals surface area (Å²) < 4.78 is 56.1. The molecular weight excluding hydrogens is 562 g/mol. The first-order valence-corrected chi connectivity index (χ1v) is 15.3. The minimum atomic E-state index is -3.67. The Bertz CT molecular complexity index is 1250. The van der Waals surface area contributed by atoms with E-state index in [-0.39, 0.29) is 25.2 Å². The number of esters is 1. The van der Waals surface area contributed by atoms with E-state index in [9.17, 15) is 9.36 Å². The second-order valence-corrected chi connectivity index (χ2v) is 12.4. The van der Waals surface area contributed by atoms with Crippen LogP contribution in [0.25, 0.3) is 0 Å². The number of halogens is 2. The molecule has 13 heteroatoms. The molecule has 3 aliphatic heterocycles. The third kappa shape index (κ3) is 6.40. The predicted octanol–water partition coefficient (Wildman–Crippen LogP) is 4.51. The van der Waals surface area contributed by atoms with Gasteiger partial charge in [0.1, 0.15) is 12.2 Å². The summed E-state index contributed by atoms with van der Waals surface area (Å²) in [4.78, 5) is 21.9. The number of methoxy groups -OCH3 is 1. The molecule has 1 aliphatic carbocycles. The fourth-order valence-corrected chi connectivity index (χ4v) is 7.49. The molecule has 216 valence electrons. The average molecular weight is 595 g/mol. The number of alkyl halides is 1. The Balaban J connectivity index is 1.61. The van der Waals surface area contributed by atoms with Gasteiger partial charge in [-0.3, -0.25) is 9.79 Å². The van der Waals surface area contributed by atoms with Gasteiger partial charge in [0, 0.05) is 55.2 Å². The van der Waals surface area contributed by atoms with Crippen LogP contribution in [0.2, 0.25) is 5.02 Å². The van der Waals surface area contributed by atoms with E-state index in [0.717, 1.165) is 0 Å². The van der Waals surface area contributed by atoms with Gasteiger partial charge in [0.15, 0.2) is 0 Å². The van der Waals surface area contributed by atoms with Gasteiger partial charge >= 0.3 is 13.6 Å². The van der Waals surface area contributed by atoms with Gasteiger partial charge in [-0.15, -0.1) is 0 Å². The maximum atomic E-state index is 15.3. The molecule has 1 aromatic rings. The predicted molar refractivity (Wildman–Crippen MR) is 150 cm³/mol. The molecule has 0 aromatic heterocycles. The van der Waals surface area contributed by atoms with E-state index in [1.54, 1.807) is 45.8 Å². The first-order valence-electron chi connectivity index (χ1n) is 13.4. The number of morpholine rings is 2. The largest absolute Gasteiger partial charge is 0.469 e. The summed E-state index contributed by atoms with van der Waals surface area (Å²) in [6, 6.07) is 4.24. The number of ether oxygens (including phenoxy) is 3. The SMILES string of the molecule is COC(=O)CC[C@@H]1N=C(C2=CC=CCC2F)c2cc(Cl)ccc2N=C1OP(=O)(N1CCOCC1)N1CCOCC1. The maximum absolute atomic E-state index is 15.3. The highest BCUT2D eigenvalue weighted by atomic mass is 35.5. The summed E-state index contributed by atoms with van der Waals surface area (Å²) in [6.45, 7) is 3.32. The van der Waals surface area contributed by atoms with Gasteiger partial charge in [0.05, 0.1) is 44.9 Å². The van der Waals surface area contributed by atoms with Crippen LogP contribution < -0.4 is 0 Å². The number of hydrogen-bond donors (Lipinski definition) is 0. The van der Waals surface area contributed by atoms with Gasteiger partial charge in [-0.1, -0.05) is 29.8 Å². The molecule has 3 heterocycles. The van der Waals surface area contributed by atoms with Crippen molar-refractivity contribution in [1.82, 2.24) is 9.34 Å². The Morgan fingerprint density at radius 3 is 2.45 bits per heavy atom. The van der Waals surface area contributed by atoms with Crippen LogP contribution in [-0.4, -0.2) is 98.8 Å². The highest BCUT2D eigenvalue weighted by molar-refractivity contribution is 7.54. The van der Waals surface area contributed by atoms with Crippen molar-refractivity contribution < 1.29 is 32.5 Å². The Hall–Kier alpha value is -2.40. The molecule has 0 bridgehead atoms. The Labute approximate surface area is 238 Å². The Kier molecular flexibility index (Phi) is 9.50. The van der Waals surface area contributed by atoms with Gasteiger partial charge < -0.3 is 18.7 Å². The van der Waals surface area contributed by atoms with Gasteiger partial charge in [0.25, 0.3) is 0 Å². The highest BCUT2D eigenvalue weighted by Gasteiger charge is 2.44. The van der Waals surface area contributed by atoms with Crippen molar-refractivity contribution in [3.05, 3.63) is 52.6 Å². The molecule has 0 radical (unpaired) electrons. The van der Waals surface area contributed by atoms with Crippen molar-refractivity contribution >= 4 is 42.5 Å². The minimum Gasteiger partial charge on any atom is -0.469 e. The van der Waals surface area contributed by atoms with Crippen molar-refractivity contribution in [1.29, 1.82) is 0 Å². The molecule has 1 aromatic carbocycles. The summed E-state index contributed by atoms with van der Waals surface area (Å²) in [6.07, 6.45) is 4.32. The number of allylic oxidation sites excluding steroid dienone is 4. The third-order valence-electron chi connectivity index (χ3n) is 7.13. The average Bonchev–Trinajstić information content (AvgIpc) is 3.13. The van der Waals surface area contributed by atoms with Crippen LogP contribution in [0.5, 0.6) is 0 Å². The third-order valence-corrected chi connectivity index (χ3v) is 10.0. The van der Waals surface area contributed by atoms with E-state index in [2.05, 4.69) is 0 Å². The highest BCUT2D eigenvalue weighted by Crippen LogP contribution is 2.56. The lowest BCUT2D eigenvalue weighted by Gasteiger charge is -2.41. The normalized spacial score (nSPS) is 24.3. The van der Waals surface area contributed by atoms with Gasteiger partial charge in [-0.2, -0.15) is 0 Å². The van der Waals surface area contributed by atoms with Crippen LogP contribution in [-0.2, 0) is 28.1 Å². The van der Waals surface area contributed by atoms with Gasteiger partial charge in [-0.25, -0.2) is 23.3 Å². The second kappa shape index (κ2) is 13.1. The zero-order valence-electron chi connectivity index (χ0n) is 22.3. The molecule has 0 amide bonds. The fourth-order valence-electron chi connectivity index (χ4n) is 4.98.